The summed E-state index contributed by atoms with van der Waals surface area (Å²) in [6.45, 7) is 3.68. The van der Waals surface area contributed by atoms with Crippen LogP contribution in [0, 0.1) is 5.41 Å². The summed E-state index contributed by atoms with van der Waals surface area (Å²) in [5.41, 5.74) is 7.06. The number of rotatable bonds is 14. The van der Waals surface area contributed by atoms with Gasteiger partial charge in [0.25, 0.3) is 15.9 Å². The van der Waals surface area contributed by atoms with Gasteiger partial charge in [0.1, 0.15) is 18.3 Å². The maximum absolute atomic E-state index is 13.2. The van der Waals surface area contributed by atoms with Crippen LogP contribution in [0.3, 0.4) is 0 Å². The predicted molar refractivity (Wildman–Crippen MR) is 158 cm³/mol. The lowest BCUT2D eigenvalue weighted by atomic mass is 10.1. The zero-order valence-electron chi connectivity index (χ0n) is 22.9. The molecule has 0 spiro atoms. The maximum atomic E-state index is 13.2. The van der Waals surface area contributed by atoms with Crippen molar-refractivity contribution in [2.75, 3.05) is 42.1 Å². The Morgan fingerprint density at radius 1 is 0.927 bits per heavy atom. The normalized spacial score (nSPS) is 11.4. The molecular formula is C27H33N5O7S2. The summed E-state index contributed by atoms with van der Waals surface area (Å²) in [4.78, 5) is 14.6. The van der Waals surface area contributed by atoms with Crippen molar-refractivity contribution in [1.82, 2.24) is 4.72 Å². The maximum Gasteiger partial charge on any atom is 0.264 e. The van der Waals surface area contributed by atoms with Crippen molar-refractivity contribution in [3.05, 3.63) is 72.3 Å². The second-order valence-corrected chi connectivity index (χ2v) is 12.6. The van der Waals surface area contributed by atoms with Crippen LogP contribution in [0.5, 0.6) is 11.5 Å². The van der Waals surface area contributed by atoms with Gasteiger partial charge in [0.2, 0.25) is 0 Å². The van der Waals surface area contributed by atoms with Crippen LogP contribution in [-0.4, -0.2) is 60.5 Å². The fourth-order valence-corrected chi connectivity index (χ4v) is 5.20. The number of anilines is 3. The summed E-state index contributed by atoms with van der Waals surface area (Å²) in [7, 11) is -7.63. The molecule has 1 amide bonds. The number of carbonyl (C=O) groups excluding carboxylic acids is 1. The van der Waals surface area contributed by atoms with Crippen LogP contribution in [-0.2, 0) is 24.7 Å². The zero-order valence-corrected chi connectivity index (χ0v) is 24.5. The Morgan fingerprint density at radius 2 is 1.51 bits per heavy atom. The summed E-state index contributed by atoms with van der Waals surface area (Å²) in [6, 6.07) is 17.0. The van der Waals surface area contributed by atoms with Gasteiger partial charge in [-0.25, -0.2) is 21.6 Å². The Labute approximate surface area is 239 Å². The van der Waals surface area contributed by atoms with Gasteiger partial charge in [-0.15, -0.1) is 0 Å². The molecular weight excluding hydrogens is 570 g/mol. The molecule has 0 aromatic heterocycles. The molecule has 0 atom stereocenters. The quantitative estimate of drug-likeness (QED) is 0.158. The van der Waals surface area contributed by atoms with Crippen molar-refractivity contribution in [1.29, 1.82) is 5.41 Å². The van der Waals surface area contributed by atoms with Gasteiger partial charge < -0.3 is 25.4 Å². The van der Waals surface area contributed by atoms with E-state index in [1.54, 1.807) is 56.3 Å². The highest BCUT2D eigenvalue weighted by molar-refractivity contribution is 7.90. The molecule has 0 aliphatic rings. The van der Waals surface area contributed by atoms with Crippen LogP contribution in [0.15, 0.2) is 71.6 Å². The van der Waals surface area contributed by atoms with Gasteiger partial charge in [0.05, 0.1) is 29.5 Å². The summed E-state index contributed by atoms with van der Waals surface area (Å²) in [5.74, 6) is -0.768. The number of nitrogens with zero attached hydrogens (tertiary/aromatic N) is 1. The van der Waals surface area contributed by atoms with Gasteiger partial charge in [0.15, 0.2) is 21.3 Å². The monoisotopic (exact) mass is 603 g/mol. The standard InChI is InChI=1S/C27H33N5O7S2/c1-4-38-24-15-22(30-18-40(3,34)35)23(16-25(24)39-5-2)32(20-13-11-19(12-14-20)27(28)29)17-26(33)31-41(36,37)21-9-7-6-8-10-21/h6-16,30H,4-5,17-18H2,1-3H3,(H3,28,29)(H,31,33). The number of nitrogen functional groups attached to an aromatic ring is 1. The number of amidine groups is 1. The van der Waals surface area contributed by atoms with E-state index in [1.165, 1.54) is 29.2 Å². The molecule has 0 radical (unpaired) electrons. The number of ether oxygens (including phenoxy) is 2. The summed E-state index contributed by atoms with van der Waals surface area (Å²) >= 11 is 0. The fraction of sp³-hybridized carbons (Fsp3) is 0.259. The van der Waals surface area contributed by atoms with Crippen LogP contribution in [0.1, 0.15) is 19.4 Å². The number of benzene rings is 3. The lowest BCUT2D eigenvalue weighted by molar-refractivity contribution is -0.117. The minimum Gasteiger partial charge on any atom is -0.490 e. The Balaban J connectivity index is 2.14. The van der Waals surface area contributed by atoms with Crippen molar-refractivity contribution in [3.8, 4) is 11.5 Å². The second-order valence-electron chi connectivity index (χ2n) is 8.82. The highest BCUT2D eigenvalue weighted by atomic mass is 32.2. The van der Waals surface area contributed by atoms with Gasteiger partial charge in [0, 0.05) is 29.6 Å². The Kier molecular flexibility index (Phi) is 10.2. The molecule has 0 bridgehead atoms. The number of sulfone groups is 1. The first kappa shape index (κ1) is 31.2. The molecule has 14 heteroatoms. The third kappa shape index (κ3) is 8.59. The number of hydrogen-bond acceptors (Lipinski definition) is 10. The molecule has 0 aliphatic carbocycles. The van der Waals surface area contributed by atoms with Crippen molar-refractivity contribution < 1.29 is 31.1 Å². The zero-order chi connectivity index (χ0) is 30.2. The van der Waals surface area contributed by atoms with E-state index >= 15 is 0 Å². The minimum atomic E-state index is -4.17. The minimum absolute atomic E-state index is 0.0825. The van der Waals surface area contributed by atoms with E-state index in [0.717, 1.165) is 6.26 Å². The number of nitrogens with one attached hydrogen (secondary N) is 3. The van der Waals surface area contributed by atoms with E-state index in [1.807, 2.05) is 0 Å². The topological polar surface area (TPSA) is 181 Å². The highest BCUT2D eigenvalue weighted by Crippen LogP contribution is 2.41. The molecule has 12 nitrogen and oxygen atoms in total. The van der Waals surface area contributed by atoms with E-state index < -0.39 is 38.2 Å². The second kappa shape index (κ2) is 13.4. The molecule has 220 valence electrons. The summed E-state index contributed by atoms with van der Waals surface area (Å²) in [5, 5.41) is 10.6. The highest BCUT2D eigenvalue weighted by Gasteiger charge is 2.24. The van der Waals surface area contributed by atoms with Gasteiger partial charge >= 0.3 is 0 Å². The number of sulfonamides is 1. The van der Waals surface area contributed by atoms with Gasteiger partial charge in [-0.1, -0.05) is 18.2 Å². The Bertz CT molecular complexity index is 1590. The average molecular weight is 604 g/mol. The molecule has 41 heavy (non-hydrogen) atoms. The fourth-order valence-electron chi connectivity index (χ4n) is 3.78. The number of carbonyl (C=O) groups is 1. The third-order valence-electron chi connectivity index (χ3n) is 5.57. The summed E-state index contributed by atoms with van der Waals surface area (Å²) < 4.78 is 63.3. The van der Waals surface area contributed by atoms with Crippen molar-refractivity contribution in [3.63, 3.8) is 0 Å². The van der Waals surface area contributed by atoms with Gasteiger partial charge in [-0.2, -0.15) is 0 Å². The Morgan fingerprint density at radius 3 is 2.05 bits per heavy atom. The molecule has 0 fully saturated rings. The molecule has 5 N–H and O–H groups in total. The smallest absolute Gasteiger partial charge is 0.264 e. The lowest BCUT2D eigenvalue weighted by Crippen LogP contribution is -2.38. The van der Waals surface area contributed by atoms with Crippen LogP contribution in [0.4, 0.5) is 17.1 Å². The number of nitrogens with two attached hydrogens (primary N) is 1. The molecule has 0 aliphatic heterocycles. The van der Waals surface area contributed by atoms with E-state index in [9.17, 15) is 21.6 Å². The van der Waals surface area contributed by atoms with Crippen LogP contribution in [0.2, 0.25) is 0 Å². The van der Waals surface area contributed by atoms with Crippen molar-refractivity contribution >= 4 is 48.7 Å². The molecule has 3 aromatic carbocycles. The molecule has 0 saturated carbocycles. The van der Waals surface area contributed by atoms with E-state index in [4.69, 9.17) is 20.6 Å². The van der Waals surface area contributed by atoms with Gasteiger partial charge in [-0.3, -0.25) is 10.2 Å². The first-order chi connectivity index (χ1) is 19.3. The Hall–Kier alpha value is -4.30. The third-order valence-corrected chi connectivity index (χ3v) is 7.63. The molecule has 3 aromatic rings. The molecule has 0 heterocycles. The van der Waals surface area contributed by atoms with Gasteiger partial charge in [-0.05, 0) is 50.2 Å². The van der Waals surface area contributed by atoms with E-state index in [2.05, 4.69) is 10.0 Å². The first-order valence-corrected chi connectivity index (χ1v) is 16.1. The predicted octanol–water partition coefficient (Wildman–Crippen LogP) is 2.83. The van der Waals surface area contributed by atoms with E-state index in [-0.39, 0.29) is 16.4 Å². The van der Waals surface area contributed by atoms with Crippen molar-refractivity contribution in [2.45, 2.75) is 18.7 Å². The van der Waals surface area contributed by atoms with E-state index in [0.29, 0.717) is 41.7 Å². The number of hydrogen-bond donors (Lipinski definition) is 4. The molecule has 0 unspecified atom stereocenters. The van der Waals surface area contributed by atoms with Crippen LogP contribution < -0.4 is 30.1 Å². The first-order valence-electron chi connectivity index (χ1n) is 12.5. The molecule has 0 saturated heterocycles. The lowest BCUT2D eigenvalue weighted by Gasteiger charge is -2.28. The summed E-state index contributed by atoms with van der Waals surface area (Å²) in [6.07, 6.45) is 1.07. The number of amides is 1. The average Bonchev–Trinajstić information content (AvgIpc) is 2.92. The SMILES string of the molecule is CCOc1cc(NCS(C)(=O)=O)c(N(CC(=O)NS(=O)(=O)c2ccccc2)c2ccc(C(=N)N)cc2)cc1OCC. The van der Waals surface area contributed by atoms with Crippen LogP contribution >= 0.6 is 0 Å². The van der Waals surface area contributed by atoms with Crippen LogP contribution in [0.25, 0.3) is 0 Å². The largest absolute Gasteiger partial charge is 0.490 e. The van der Waals surface area contributed by atoms with Crippen molar-refractivity contribution in [2.24, 2.45) is 5.73 Å². The molecule has 3 rings (SSSR count).